The normalized spacial score (nSPS) is 11.1. The molecule has 3 N–H and O–H groups in total. The molecule has 0 unspecified atom stereocenters. The number of para-hydroxylation sites is 4. The van der Waals surface area contributed by atoms with E-state index in [9.17, 15) is 15.3 Å². The molecule has 100 valence electrons. The van der Waals surface area contributed by atoms with Crippen molar-refractivity contribution in [1.82, 2.24) is 0 Å². The van der Waals surface area contributed by atoms with Gasteiger partial charge in [0.05, 0.1) is 0 Å². The molecule has 19 heavy (non-hydrogen) atoms. The standard InChI is InChI=1S/C14H14O5/c1-14(17,18-12-8-4-2-6-10(12)15)19-13-9-5-3-7-11(13)16/h2-9,15-17H,1H3. The molecule has 2 aromatic rings. The molecule has 0 amide bonds. The summed E-state index contributed by atoms with van der Waals surface area (Å²) in [4.78, 5) is 0. The minimum Gasteiger partial charge on any atom is -0.504 e. The van der Waals surface area contributed by atoms with E-state index in [2.05, 4.69) is 0 Å². The van der Waals surface area contributed by atoms with Crippen molar-refractivity contribution in [1.29, 1.82) is 0 Å². The van der Waals surface area contributed by atoms with E-state index in [1.807, 2.05) is 0 Å². The van der Waals surface area contributed by atoms with Crippen LogP contribution >= 0.6 is 0 Å². The minimum atomic E-state index is -2.03. The Labute approximate surface area is 110 Å². The Balaban J connectivity index is 2.15. The quantitative estimate of drug-likeness (QED) is 0.736. The van der Waals surface area contributed by atoms with E-state index in [4.69, 9.17) is 9.47 Å². The number of rotatable bonds is 4. The van der Waals surface area contributed by atoms with Gasteiger partial charge in [0.15, 0.2) is 23.0 Å². The smallest absolute Gasteiger partial charge is 0.366 e. The number of aromatic hydroxyl groups is 2. The van der Waals surface area contributed by atoms with Gasteiger partial charge in [0.2, 0.25) is 0 Å². The fourth-order valence-corrected chi connectivity index (χ4v) is 1.52. The van der Waals surface area contributed by atoms with Crippen LogP contribution in [0.4, 0.5) is 0 Å². The number of benzene rings is 2. The lowest BCUT2D eigenvalue weighted by atomic mass is 10.3. The lowest BCUT2D eigenvalue weighted by Crippen LogP contribution is -2.38. The van der Waals surface area contributed by atoms with Crippen molar-refractivity contribution in [2.24, 2.45) is 0 Å². The van der Waals surface area contributed by atoms with Crippen LogP contribution in [0.3, 0.4) is 0 Å². The monoisotopic (exact) mass is 262 g/mol. The molecule has 0 fully saturated rings. The lowest BCUT2D eigenvalue weighted by molar-refractivity contribution is -0.259. The van der Waals surface area contributed by atoms with E-state index in [0.717, 1.165) is 0 Å². The molecule has 0 heterocycles. The molecule has 0 spiro atoms. The Kier molecular flexibility index (Phi) is 3.48. The van der Waals surface area contributed by atoms with Gasteiger partial charge >= 0.3 is 5.97 Å². The zero-order valence-electron chi connectivity index (χ0n) is 10.3. The van der Waals surface area contributed by atoms with Crippen molar-refractivity contribution in [3.63, 3.8) is 0 Å². The highest BCUT2D eigenvalue weighted by Crippen LogP contribution is 2.31. The van der Waals surface area contributed by atoms with Gasteiger partial charge in [-0.3, -0.25) is 0 Å². The van der Waals surface area contributed by atoms with Gasteiger partial charge in [0.25, 0.3) is 0 Å². The van der Waals surface area contributed by atoms with Crippen molar-refractivity contribution in [2.45, 2.75) is 12.9 Å². The first-order chi connectivity index (χ1) is 8.98. The average molecular weight is 262 g/mol. The van der Waals surface area contributed by atoms with Crippen LogP contribution in [0.25, 0.3) is 0 Å². The molecule has 0 aromatic heterocycles. The maximum Gasteiger partial charge on any atom is 0.366 e. The Morgan fingerprint density at radius 1 is 0.789 bits per heavy atom. The Bertz CT molecular complexity index is 516. The van der Waals surface area contributed by atoms with Gasteiger partial charge in [-0.2, -0.15) is 0 Å². The lowest BCUT2D eigenvalue weighted by Gasteiger charge is -2.25. The molecular formula is C14H14O5. The fraction of sp³-hybridized carbons (Fsp3) is 0.143. The molecule has 0 radical (unpaired) electrons. The van der Waals surface area contributed by atoms with E-state index in [-0.39, 0.29) is 23.0 Å². The van der Waals surface area contributed by atoms with Crippen molar-refractivity contribution in [3.8, 4) is 23.0 Å². The average Bonchev–Trinajstić information content (AvgIpc) is 2.35. The number of hydrogen-bond acceptors (Lipinski definition) is 5. The maximum atomic E-state index is 10.0. The van der Waals surface area contributed by atoms with Crippen LogP contribution < -0.4 is 9.47 Å². The molecule has 0 saturated carbocycles. The van der Waals surface area contributed by atoms with Crippen molar-refractivity contribution in [2.75, 3.05) is 0 Å². The molecular weight excluding hydrogens is 248 g/mol. The van der Waals surface area contributed by atoms with Crippen molar-refractivity contribution < 1.29 is 24.8 Å². The first-order valence-corrected chi connectivity index (χ1v) is 5.64. The first-order valence-electron chi connectivity index (χ1n) is 5.64. The van der Waals surface area contributed by atoms with Crippen LogP contribution in [0.1, 0.15) is 6.92 Å². The summed E-state index contributed by atoms with van der Waals surface area (Å²) in [7, 11) is 0. The van der Waals surface area contributed by atoms with Crippen molar-refractivity contribution in [3.05, 3.63) is 48.5 Å². The van der Waals surface area contributed by atoms with Gasteiger partial charge in [0.1, 0.15) is 0 Å². The molecule has 5 heteroatoms. The van der Waals surface area contributed by atoms with Gasteiger partial charge in [-0.15, -0.1) is 0 Å². The van der Waals surface area contributed by atoms with E-state index in [1.165, 1.54) is 31.2 Å². The molecule has 0 bridgehead atoms. The van der Waals surface area contributed by atoms with Crippen LogP contribution in [-0.2, 0) is 0 Å². The Hall–Kier alpha value is -2.40. The summed E-state index contributed by atoms with van der Waals surface area (Å²) in [6.07, 6.45) is 0. The molecule has 2 rings (SSSR count). The second-order valence-electron chi connectivity index (χ2n) is 4.04. The maximum absolute atomic E-state index is 10.0. The van der Waals surface area contributed by atoms with Gasteiger partial charge < -0.3 is 24.8 Å². The van der Waals surface area contributed by atoms with Gasteiger partial charge in [0, 0.05) is 6.92 Å². The van der Waals surface area contributed by atoms with Gasteiger partial charge in [-0.25, -0.2) is 0 Å². The van der Waals surface area contributed by atoms with Crippen LogP contribution in [0.5, 0.6) is 23.0 Å². The zero-order valence-corrected chi connectivity index (χ0v) is 10.3. The number of phenols is 2. The first kappa shape index (κ1) is 13.0. The largest absolute Gasteiger partial charge is 0.504 e. The summed E-state index contributed by atoms with van der Waals surface area (Å²) in [6, 6.07) is 12.4. The third kappa shape index (κ3) is 3.29. The minimum absolute atomic E-state index is 0.0721. The van der Waals surface area contributed by atoms with Gasteiger partial charge in [-0.05, 0) is 24.3 Å². The predicted octanol–water partition coefficient (Wildman–Crippen LogP) is 2.22. The van der Waals surface area contributed by atoms with E-state index in [1.54, 1.807) is 24.3 Å². The fourth-order valence-electron chi connectivity index (χ4n) is 1.52. The Morgan fingerprint density at radius 2 is 1.16 bits per heavy atom. The predicted molar refractivity (Wildman–Crippen MR) is 68.1 cm³/mol. The Morgan fingerprint density at radius 3 is 1.53 bits per heavy atom. The molecule has 0 aliphatic heterocycles. The summed E-state index contributed by atoms with van der Waals surface area (Å²) in [5, 5.41) is 29.1. The van der Waals surface area contributed by atoms with Gasteiger partial charge in [-0.1, -0.05) is 24.3 Å². The third-order valence-electron chi connectivity index (χ3n) is 2.33. The SMILES string of the molecule is CC(O)(Oc1ccccc1O)Oc1ccccc1O. The van der Waals surface area contributed by atoms with E-state index in [0.29, 0.717) is 0 Å². The second kappa shape index (κ2) is 5.07. The summed E-state index contributed by atoms with van der Waals surface area (Å²) < 4.78 is 10.3. The summed E-state index contributed by atoms with van der Waals surface area (Å²) >= 11 is 0. The van der Waals surface area contributed by atoms with Crippen LogP contribution in [0.15, 0.2) is 48.5 Å². The summed E-state index contributed by atoms with van der Waals surface area (Å²) in [6.45, 7) is 1.26. The number of aliphatic hydroxyl groups is 1. The zero-order chi connectivity index (χ0) is 13.9. The topological polar surface area (TPSA) is 79.2 Å². The van der Waals surface area contributed by atoms with Crippen LogP contribution in [0.2, 0.25) is 0 Å². The van der Waals surface area contributed by atoms with Crippen LogP contribution in [-0.4, -0.2) is 21.3 Å². The molecule has 0 aliphatic rings. The highest BCUT2D eigenvalue weighted by atomic mass is 16.8. The number of ether oxygens (including phenoxy) is 2. The molecule has 5 nitrogen and oxygen atoms in total. The summed E-state index contributed by atoms with van der Waals surface area (Å²) in [5.74, 6) is -2.13. The number of hydrogen-bond donors (Lipinski definition) is 3. The highest BCUT2D eigenvalue weighted by molar-refractivity contribution is 5.39. The van der Waals surface area contributed by atoms with E-state index >= 15 is 0 Å². The highest BCUT2D eigenvalue weighted by Gasteiger charge is 2.27. The molecule has 0 aliphatic carbocycles. The van der Waals surface area contributed by atoms with Crippen LogP contribution in [0, 0.1) is 0 Å². The number of phenolic OH excluding ortho intramolecular Hbond substituents is 2. The van der Waals surface area contributed by atoms with E-state index < -0.39 is 5.97 Å². The molecule has 0 atom stereocenters. The summed E-state index contributed by atoms with van der Waals surface area (Å²) in [5.41, 5.74) is 0. The second-order valence-corrected chi connectivity index (χ2v) is 4.04. The van der Waals surface area contributed by atoms with Crippen molar-refractivity contribution >= 4 is 0 Å². The molecule has 2 aromatic carbocycles. The third-order valence-corrected chi connectivity index (χ3v) is 2.33. The molecule has 0 saturated heterocycles.